The Balaban J connectivity index is 1.86. The van der Waals surface area contributed by atoms with Crippen molar-refractivity contribution in [3.63, 3.8) is 0 Å². The van der Waals surface area contributed by atoms with Crippen LogP contribution in [0.5, 0.6) is 0 Å². The van der Waals surface area contributed by atoms with Gasteiger partial charge >= 0.3 is 0 Å². The third-order valence-corrected chi connectivity index (χ3v) is 3.43. The Morgan fingerprint density at radius 2 is 2.47 bits per heavy atom. The number of aromatic nitrogens is 1. The minimum absolute atomic E-state index is 0.0624. The van der Waals surface area contributed by atoms with Crippen molar-refractivity contribution in [1.29, 1.82) is 0 Å². The van der Waals surface area contributed by atoms with Gasteiger partial charge in [-0.1, -0.05) is 0 Å². The summed E-state index contributed by atoms with van der Waals surface area (Å²) in [5, 5.41) is 16.7. The van der Waals surface area contributed by atoms with Crippen LogP contribution in [0.25, 0.3) is 0 Å². The maximum Gasteiger partial charge on any atom is 0.287 e. The smallest absolute Gasteiger partial charge is 0.287 e. The van der Waals surface area contributed by atoms with Crippen LogP contribution in [0.3, 0.4) is 0 Å². The van der Waals surface area contributed by atoms with Crippen molar-refractivity contribution in [2.75, 3.05) is 19.6 Å². The highest BCUT2D eigenvalue weighted by Gasteiger charge is 2.18. The molecule has 1 aliphatic heterocycles. The summed E-state index contributed by atoms with van der Waals surface area (Å²) in [7, 11) is 1.63. The van der Waals surface area contributed by atoms with Crippen molar-refractivity contribution in [3.05, 3.63) is 28.1 Å². The van der Waals surface area contributed by atoms with Crippen molar-refractivity contribution < 1.29 is 9.72 Å². The third-order valence-electron chi connectivity index (χ3n) is 3.43. The number of aryl methyl sites for hydroxylation is 1. The second-order valence-electron chi connectivity index (χ2n) is 4.85. The first-order valence-corrected chi connectivity index (χ1v) is 6.37. The van der Waals surface area contributed by atoms with Crippen LogP contribution in [-0.4, -0.2) is 35.0 Å². The molecule has 0 aromatic carbocycles. The van der Waals surface area contributed by atoms with Gasteiger partial charge in [-0.3, -0.25) is 14.9 Å². The SMILES string of the molecule is Cn1cc([N+](=O)[O-])cc1C(=O)NCCC1CCNC1. The van der Waals surface area contributed by atoms with E-state index in [-0.39, 0.29) is 11.6 Å². The van der Waals surface area contributed by atoms with Crippen molar-refractivity contribution in [2.45, 2.75) is 12.8 Å². The third kappa shape index (κ3) is 3.31. The Morgan fingerprint density at radius 3 is 3.05 bits per heavy atom. The number of carbonyl (C=O) groups is 1. The quantitative estimate of drug-likeness (QED) is 0.605. The molecule has 0 aliphatic carbocycles. The number of amides is 1. The van der Waals surface area contributed by atoms with E-state index in [2.05, 4.69) is 10.6 Å². The van der Waals surface area contributed by atoms with Gasteiger partial charge in [0.1, 0.15) is 5.69 Å². The van der Waals surface area contributed by atoms with Crippen LogP contribution >= 0.6 is 0 Å². The topological polar surface area (TPSA) is 89.2 Å². The highest BCUT2D eigenvalue weighted by atomic mass is 16.6. The predicted octanol–water partition coefficient (Wildman–Crippen LogP) is 0.663. The zero-order valence-electron chi connectivity index (χ0n) is 10.9. The van der Waals surface area contributed by atoms with E-state index in [0.29, 0.717) is 18.2 Å². The van der Waals surface area contributed by atoms with Crippen molar-refractivity contribution >= 4 is 11.6 Å². The first-order chi connectivity index (χ1) is 9.08. The Morgan fingerprint density at radius 1 is 1.68 bits per heavy atom. The van der Waals surface area contributed by atoms with Gasteiger partial charge in [0.05, 0.1) is 11.1 Å². The molecule has 1 unspecified atom stereocenters. The summed E-state index contributed by atoms with van der Waals surface area (Å²) in [6.07, 6.45) is 3.42. The van der Waals surface area contributed by atoms with Crippen LogP contribution in [0.15, 0.2) is 12.3 Å². The predicted molar refractivity (Wildman–Crippen MR) is 70.0 cm³/mol. The second kappa shape index (κ2) is 5.83. The molecule has 1 aliphatic rings. The number of nitrogens with one attached hydrogen (secondary N) is 2. The number of hydrogen-bond acceptors (Lipinski definition) is 4. The monoisotopic (exact) mass is 266 g/mol. The molecule has 7 nitrogen and oxygen atoms in total. The summed E-state index contributed by atoms with van der Waals surface area (Å²) >= 11 is 0. The molecule has 0 saturated carbocycles. The van der Waals surface area contributed by atoms with Crippen molar-refractivity contribution in [3.8, 4) is 0 Å². The average Bonchev–Trinajstić information content (AvgIpc) is 2.98. The minimum Gasteiger partial charge on any atom is -0.351 e. The zero-order valence-corrected chi connectivity index (χ0v) is 10.9. The number of nitrogens with zero attached hydrogens (tertiary/aromatic N) is 2. The summed E-state index contributed by atoms with van der Waals surface area (Å²) in [5.74, 6) is 0.351. The first-order valence-electron chi connectivity index (χ1n) is 6.37. The molecule has 0 radical (unpaired) electrons. The maximum absolute atomic E-state index is 11.9. The van der Waals surface area contributed by atoms with E-state index in [9.17, 15) is 14.9 Å². The number of carbonyl (C=O) groups excluding carboxylic acids is 1. The standard InChI is InChI=1S/C12H18N4O3/c1-15-8-10(16(18)19)6-11(15)12(17)14-5-3-9-2-4-13-7-9/h6,8-9,13H,2-5,7H2,1H3,(H,14,17). The van der Waals surface area contributed by atoms with Crippen molar-refractivity contribution in [1.82, 2.24) is 15.2 Å². The van der Waals surface area contributed by atoms with Crippen molar-refractivity contribution in [2.24, 2.45) is 13.0 Å². The van der Waals surface area contributed by atoms with Crippen LogP contribution in [0.1, 0.15) is 23.3 Å². The molecular formula is C12H18N4O3. The Kier molecular flexibility index (Phi) is 4.16. The summed E-state index contributed by atoms with van der Waals surface area (Å²) in [4.78, 5) is 22.0. The van der Waals surface area contributed by atoms with Crippen LogP contribution in [-0.2, 0) is 7.05 Å². The lowest BCUT2D eigenvalue weighted by atomic mass is 10.1. The number of rotatable bonds is 5. The molecule has 2 N–H and O–H groups in total. The van der Waals surface area contributed by atoms with Crippen LogP contribution in [0.2, 0.25) is 0 Å². The molecule has 19 heavy (non-hydrogen) atoms. The minimum atomic E-state index is -0.499. The number of hydrogen-bond donors (Lipinski definition) is 2. The Labute approximate surface area is 111 Å². The highest BCUT2D eigenvalue weighted by Crippen LogP contribution is 2.15. The summed E-state index contributed by atoms with van der Waals surface area (Å²) in [5.41, 5.74) is 0.254. The Hall–Kier alpha value is -1.89. The molecule has 1 saturated heterocycles. The van der Waals surface area contributed by atoms with Gasteiger partial charge in [-0.05, 0) is 31.8 Å². The molecule has 0 bridgehead atoms. The van der Waals surface area contributed by atoms with E-state index in [1.165, 1.54) is 16.8 Å². The summed E-state index contributed by atoms with van der Waals surface area (Å²) in [6.45, 7) is 2.65. The molecule has 0 spiro atoms. The van der Waals surface area contributed by atoms with Gasteiger partial charge in [-0.25, -0.2) is 0 Å². The second-order valence-corrected chi connectivity index (χ2v) is 4.85. The summed E-state index contributed by atoms with van der Waals surface area (Å²) < 4.78 is 1.48. The van der Waals surface area contributed by atoms with E-state index < -0.39 is 4.92 Å². The Bertz CT molecular complexity index is 477. The van der Waals surface area contributed by atoms with Gasteiger partial charge in [-0.15, -0.1) is 0 Å². The lowest BCUT2D eigenvalue weighted by Gasteiger charge is -2.09. The molecule has 1 atom stereocenters. The normalized spacial score (nSPS) is 18.5. The van der Waals surface area contributed by atoms with E-state index >= 15 is 0 Å². The molecule has 2 heterocycles. The van der Waals surface area contributed by atoms with Crippen LogP contribution in [0, 0.1) is 16.0 Å². The maximum atomic E-state index is 11.9. The molecule has 104 valence electrons. The van der Waals surface area contributed by atoms with Gasteiger partial charge in [-0.2, -0.15) is 0 Å². The van der Waals surface area contributed by atoms with Gasteiger partial charge < -0.3 is 15.2 Å². The van der Waals surface area contributed by atoms with Gasteiger partial charge in [0, 0.05) is 19.7 Å². The largest absolute Gasteiger partial charge is 0.351 e. The molecule has 1 fully saturated rings. The van der Waals surface area contributed by atoms with Crippen LogP contribution < -0.4 is 10.6 Å². The van der Waals surface area contributed by atoms with E-state index in [1.54, 1.807) is 7.05 Å². The lowest BCUT2D eigenvalue weighted by Crippen LogP contribution is -2.27. The van der Waals surface area contributed by atoms with Crippen LogP contribution in [0.4, 0.5) is 5.69 Å². The fraction of sp³-hybridized carbons (Fsp3) is 0.583. The molecule has 2 rings (SSSR count). The fourth-order valence-corrected chi connectivity index (χ4v) is 2.31. The van der Waals surface area contributed by atoms with E-state index in [1.807, 2.05) is 0 Å². The van der Waals surface area contributed by atoms with E-state index in [0.717, 1.165) is 25.9 Å². The highest BCUT2D eigenvalue weighted by molar-refractivity contribution is 5.93. The number of nitro groups is 1. The average molecular weight is 266 g/mol. The first kappa shape index (κ1) is 13.5. The molecule has 7 heteroatoms. The zero-order chi connectivity index (χ0) is 13.8. The molecular weight excluding hydrogens is 248 g/mol. The van der Waals surface area contributed by atoms with Gasteiger partial charge in [0.15, 0.2) is 0 Å². The van der Waals surface area contributed by atoms with Gasteiger partial charge in [0.2, 0.25) is 0 Å². The van der Waals surface area contributed by atoms with Gasteiger partial charge in [0.25, 0.3) is 11.6 Å². The molecule has 1 aromatic rings. The van der Waals surface area contributed by atoms with E-state index in [4.69, 9.17) is 0 Å². The molecule has 1 aromatic heterocycles. The molecule has 1 amide bonds. The summed E-state index contributed by atoms with van der Waals surface area (Å²) in [6, 6.07) is 1.30. The fourth-order valence-electron chi connectivity index (χ4n) is 2.31. The lowest BCUT2D eigenvalue weighted by molar-refractivity contribution is -0.384.